The van der Waals surface area contributed by atoms with Gasteiger partial charge in [-0.15, -0.1) is 0 Å². The molecule has 0 aliphatic rings. The molecule has 0 spiro atoms. The molecule has 98 valence electrons. The Balaban J connectivity index is 2.31. The number of aryl methyl sites for hydroxylation is 1. The maximum absolute atomic E-state index is 8.96. The molecule has 4 nitrogen and oxygen atoms in total. The van der Waals surface area contributed by atoms with Crippen LogP contribution in [0.15, 0.2) is 12.1 Å². The van der Waals surface area contributed by atoms with Crippen LogP contribution in [-0.4, -0.2) is 24.2 Å². The fourth-order valence-electron chi connectivity index (χ4n) is 1.53. The van der Waals surface area contributed by atoms with Crippen molar-refractivity contribution in [3.05, 3.63) is 23.4 Å². The van der Waals surface area contributed by atoms with E-state index in [0.717, 1.165) is 31.7 Å². The molecule has 0 saturated carbocycles. The Hall–Kier alpha value is -1.60. The molecule has 0 saturated heterocycles. The first-order valence-electron chi connectivity index (χ1n) is 6.36. The summed E-state index contributed by atoms with van der Waals surface area (Å²) in [6.07, 6.45) is 2.31. The van der Waals surface area contributed by atoms with Crippen LogP contribution >= 0.6 is 0 Å². The van der Waals surface area contributed by atoms with Crippen LogP contribution < -0.4 is 5.32 Å². The molecule has 0 bridgehead atoms. The van der Waals surface area contributed by atoms with Crippen molar-refractivity contribution in [3.8, 4) is 6.07 Å². The molecular weight excluding hydrogens is 226 g/mol. The van der Waals surface area contributed by atoms with E-state index in [2.05, 4.69) is 16.4 Å². The van der Waals surface area contributed by atoms with E-state index in [1.165, 1.54) is 0 Å². The van der Waals surface area contributed by atoms with Gasteiger partial charge in [-0.2, -0.15) is 5.26 Å². The summed E-state index contributed by atoms with van der Waals surface area (Å²) in [4.78, 5) is 4.33. The molecule has 0 fully saturated rings. The average Bonchev–Trinajstić information content (AvgIpc) is 2.33. The zero-order valence-corrected chi connectivity index (χ0v) is 11.4. The molecule has 1 aromatic rings. The predicted molar refractivity (Wildman–Crippen MR) is 72.5 cm³/mol. The van der Waals surface area contributed by atoms with Gasteiger partial charge >= 0.3 is 0 Å². The van der Waals surface area contributed by atoms with Crippen LogP contribution in [0, 0.1) is 18.3 Å². The number of rotatable bonds is 7. The highest BCUT2D eigenvalue weighted by atomic mass is 16.5. The van der Waals surface area contributed by atoms with Crippen molar-refractivity contribution in [2.45, 2.75) is 39.7 Å². The molecule has 0 radical (unpaired) electrons. The van der Waals surface area contributed by atoms with Crippen LogP contribution in [-0.2, 0) is 4.74 Å². The van der Waals surface area contributed by atoms with Crippen LogP contribution in [0.25, 0.3) is 0 Å². The second-order valence-electron chi connectivity index (χ2n) is 4.51. The van der Waals surface area contributed by atoms with Crippen LogP contribution in [0.3, 0.4) is 0 Å². The van der Waals surface area contributed by atoms with E-state index in [-0.39, 0.29) is 0 Å². The molecule has 0 unspecified atom stereocenters. The van der Waals surface area contributed by atoms with E-state index >= 15 is 0 Å². The number of aromatic nitrogens is 1. The lowest BCUT2D eigenvalue weighted by Crippen LogP contribution is -2.08. The van der Waals surface area contributed by atoms with E-state index in [4.69, 9.17) is 10.00 Å². The topological polar surface area (TPSA) is 57.9 Å². The Morgan fingerprint density at radius 1 is 1.39 bits per heavy atom. The second kappa shape index (κ2) is 7.67. The van der Waals surface area contributed by atoms with Gasteiger partial charge in [0.2, 0.25) is 0 Å². The molecule has 0 atom stereocenters. The number of ether oxygens (including phenoxy) is 1. The number of nitriles is 1. The lowest BCUT2D eigenvalue weighted by Gasteiger charge is -2.09. The minimum absolute atomic E-state index is 0.293. The van der Waals surface area contributed by atoms with E-state index in [9.17, 15) is 0 Å². The predicted octanol–water partition coefficient (Wildman–Crippen LogP) is 2.88. The van der Waals surface area contributed by atoms with Gasteiger partial charge in [0, 0.05) is 18.8 Å². The summed E-state index contributed by atoms with van der Waals surface area (Å²) in [5.41, 5.74) is 1.51. The van der Waals surface area contributed by atoms with E-state index in [0.29, 0.717) is 17.5 Å². The van der Waals surface area contributed by atoms with Gasteiger partial charge < -0.3 is 10.1 Å². The zero-order valence-electron chi connectivity index (χ0n) is 11.4. The summed E-state index contributed by atoms with van der Waals surface area (Å²) in [5, 5.41) is 12.2. The molecule has 1 aromatic heterocycles. The molecule has 4 heteroatoms. The number of pyridine rings is 1. The summed E-state index contributed by atoms with van der Waals surface area (Å²) < 4.78 is 5.46. The van der Waals surface area contributed by atoms with E-state index in [1.807, 2.05) is 26.8 Å². The first kappa shape index (κ1) is 14.5. The van der Waals surface area contributed by atoms with Gasteiger partial charge in [-0.05, 0) is 45.7 Å². The Bertz CT molecular complexity index is 410. The lowest BCUT2D eigenvalue weighted by molar-refractivity contribution is 0.0765. The highest BCUT2D eigenvalue weighted by Gasteiger charge is 2.02. The normalized spacial score (nSPS) is 10.4. The zero-order chi connectivity index (χ0) is 13.4. The smallest absolute Gasteiger partial charge is 0.144 e. The monoisotopic (exact) mass is 247 g/mol. The van der Waals surface area contributed by atoms with Gasteiger partial charge in [-0.25, -0.2) is 4.98 Å². The van der Waals surface area contributed by atoms with Gasteiger partial charge in [-0.3, -0.25) is 0 Å². The van der Waals surface area contributed by atoms with Gasteiger partial charge in [0.05, 0.1) is 11.7 Å². The Labute approximate surface area is 109 Å². The maximum Gasteiger partial charge on any atom is 0.144 e. The average molecular weight is 247 g/mol. The lowest BCUT2D eigenvalue weighted by atomic mass is 10.2. The SMILES string of the molecule is Cc1ccc(C#N)c(NCCCCOC(C)C)n1. The molecular formula is C14H21N3O. The fourth-order valence-corrected chi connectivity index (χ4v) is 1.53. The summed E-state index contributed by atoms with van der Waals surface area (Å²) in [6.45, 7) is 7.59. The summed E-state index contributed by atoms with van der Waals surface area (Å²) in [5.74, 6) is 0.683. The van der Waals surface area contributed by atoms with Crippen molar-refractivity contribution in [2.75, 3.05) is 18.5 Å². The maximum atomic E-state index is 8.96. The molecule has 1 heterocycles. The third-order valence-electron chi connectivity index (χ3n) is 2.47. The van der Waals surface area contributed by atoms with Crippen LogP contribution in [0.5, 0.6) is 0 Å². The van der Waals surface area contributed by atoms with Crippen molar-refractivity contribution in [1.29, 1.82) is 5.26 Å². The van der Waals surface area contributed by atoms with Crippen molar-refractivity contribution >= 4 is 5.82 Å². The third kappa shape index (κ3) is 5.15. The molecule has 0 amide bonds. The van der Waals surface area contributed by atoms with E-state index in [1.54, 1.807) is 6.07 Å². The number of nitrogens with zero attached hydrogens (tertiary/aromatic N) is 2. The van der Waals surface area contributed by atoms with Gasteiger partial charge in [0.25, 0.3) is 0 Å². The third-order valence-corrected chi connectivity index (χ3v) is 2.47. The van der Waals surface area contributed by atoms with E-state index < -0.39 is 0 Å². The highest BCUT2D eigenvalue weighted by Crippen LogP contribution is 2.12. The minimum Gasteiger partial charge on any atom is -0.379 e. The second-order valence-corrected chi connectivity index (χ2v) is 4.51. The van der Waals surface area contributed by atoms with Crippen molar-refractivity contribution in [2.24, 2.45) is 0 Å². The van der Waals surface area contributed by atoms with Gasteiger partial charge in [0.1, 0.15) is 11.9 Å². The van der Waals surface area contributed by atoms with Crippen molar-refractivity contribution in [1.82, 2.24) is 4.98 Å². The Morgan fingerprint density at radius 3 is 2.83 bits per heavy atom. The van der Waals surface area contributed by atoms with Crippen molar-refractivity contribution in [3.63, 3.8) is 0 Å². The summed E-state index contributed by atoms with van der Waals surface area (Å²) in [7, 11) is 0. The summed E-state index contributed by atoms with van der Waals surface area (Å²) in [6, 6.07) is 5.79. The van der Waals surface area contributed by atoms with Crippen molar-refractivity contribution < 1.29 is 4.74 Å². The fraction of sp³-hybridized carbons (Fsp3) is 0.571. The first-order valence-corrected chi connectivity index (χ1v) is 6.36. The standard InChI is InChI=1S/C14H21N3O/c1-11(2)18-9-5-4-8-16-14-13(10-15)7-6-12(3)17-14/h6-7,11H,4-5,8-9H2,1-3H3,(H,16,17). The molecule has 0 aromatic carbocycles. The minimum atomic E-state index is 0.293. The van der Waals surface area contributed by atoms with Gasteiger partial charge in [-0.1, -0.05) is 0 Å². The molecule has 1 N–H and O–H groups in total. The quantitative estimate of drug-likeness (QED) is 0.753. The molecule has 1 rings (SSSR count). The van der Waals surface area contributed by atoms with Gasteiger partial charge in [0.15, 0.2) is 0 Å². The summed E-state index contributed by atoms with van der Waals surface area (Å²) >= 11 is 0. The molecule has 0 aliphatic carbocycles. The number of anilines is 1. The number of hydrogen-bond acceptors (Lipinski definition) is 4. The number of unbranched alkanes of at least 4 members (excludes halogenated alkanes) is 1. The first-order chi connectivity index (χ1) is 8.63. The molecule has 0 aliphatic heterocycles. The highest BCUT2D eigenvalue weighted by molar-refractivity contribution is 5.52. The van der Waals surface area contributed by atoms with Crippen LogP contribution in [0.1, 0.15) is 37.9 Å². The molecule has 18 heavy (non-hydrogen) atoms. The van der Waals surface area contributed by atoms with Crippen LogP contribution in [0.2, 0.25) is 0 Å². The Morgan fingerprint density at radius 2 is 2.17 bits per heavy atom. The largest absolute Gasteiger partial charge is 0.379 e. The van der Waals surface area contributed by atoms with Crippen LogP contribution in [0.4, 0.5) is 5.82 Å². The Kier molecular flexibility index (Phi) is 6.16. The number of hydrogen-bond donors (Lipinski definition) is 1. The number of nitrogens with one attached hydrogen (secondary N) is 1.